The first kappa shape index (κ1) is 14.3. The summed E-state index contributed by atoms with van der Waals surface area (Å²) in [4.78, 5) is 0. The third-order valence-corrected chi connectivity index (χ3v) is 1.72. The summed E-state index contributed by atoms with van der Waals surface area (Å²) in [7, 11) is 0. The van der Waals surface area contributed by atoms with Gasteiger partial charge in [-0.3, -0.25) is 0 Å². The fraction of sp³-hybridized carbons (Fsp3) is 0.267. The third kappa shape index (κ3) is 8.86. The van der Waals surface area contributed by atoms with E-state index in [-0.39, 0.29) is 0 Å². The summed E-state index contributed by atoms with van der Waals surface area (Å²) >= 11 is 0. The summed E-state index contributed by atoms with van der Waals surface area (Å²) in [6.45, 7) is 9.87. The molecule has 86 valence electrons. The van der Waals surface area contributed by atoms with E-state index in [0.29, 0.717) is 6.61 Å². The van der Waals surface area contributed by atoms with E-state index >= 15 is 0 Å². The van der Waals surface area contributed by atoms with E-state index in [0.717, 1.165) is 12.2 Å². The molecule has 0 bridgehead atoms. The van der Waals surface area contributed by atoms with Gasteiger partial charge in [-0.05, 0) is 30.7 Å². The molecule has 0 aliphatic heterocycles. The van der Waals surface area contributed by atoms with Crippen LogP contribution in [0.1, 0.15) is 19.8 Å². The molecule has 0 rings (SSSR count). The molecule has 0 aliphatic carbocycles. The maximum absolute atomic E-state index is 5.37. The van der Waals surface area contributed by atoms with Gasteiger partial charge in [0.05, 0.1) is 0 Å². The van der Waals surface area contributed by atoms with E-state index < -0.39 is 0 Å². The molecule has 1 heteroatoms. The molecule has 0 radical (unpaired) electrons. The average Bonchev–Trinajstić information content (AvgIpc) is 2.31. The summed E-state index contributed by atoms with van der Waals surface area (Å²) in [6, 6.07) is 0. The molecule has 0 aromatic carbocycles. The Hall–Kier alpha value is -1.72. The molecule has 0 aromatic heterocycles. The van der Waals surface area contributed by atoms with Crippen molar-refractivity contribution in [3.63, 3.8) is 0 Å². The van der Waals surface area contributed by atoms with Gasteiger partial charge in [-0.1, -0.05) is 44.7 Å². The molecule has 0 atom stereocenters. The van der Waals surface area contributed by atoms with Crippen molar-refractivity contribution in [2.45, 2.75) is 19.8 Å². The lowest BCUT2D eigenvalue weighted by Crippen LogP contribution is -1.87. The van der Waals surface area contributed by atoms with Gasteiger partial charge in [0.15, 0.2) is 0 Å². The molecule has 0 aromatic rings. The van der Waals surface area contributed by atoms with E-state index in [1.807, 2.05) is 18.2 Å². The summed E-state index contributed by atoms with van der Waals surface area (Å²) in [5.41, 5.74) is 3.02. The number of ether oxygens (including phenoxy) is 1. The predicted octanol–water partition coefficient (Wildman–Crippen LogP) is 4.33. The standard InChI is InChI=1S/C15H20O/c1-4-7-8-9-10-11-12-14-16-15(6-3)13-5-2/h5-6,8-10,12-13H,2-4,7,14H2,1H3/b9-8-,15-13+. The number of unbranched alkanes of at least 4 members (excludes halogenated alkanes) is 1. The van der Waals surface area contributed by atoms with Crippen molar-refractivity contribution in [3.05, 3.63) is 67.2 Å². The minimum Gasteiger partial charge on any atom is -0.489 e. The first-order valence-corrected chi connectivity index (χ1v) is 5.49. The van der Waals surface area contributed by atoms with Crippen LogP contribution < -0.4 is 0 Å². The van der Waals surface area contributed by atoms with Crippen LogP contribution in [0, 0.1) is 0 Å². The maximum Gasteiger partial charge on any atom is 0.119 e. The van der Waals surface area contributed by atoms with Gasteiger partial charge in [-0.25, -0.2) is 0 Å². The van der Waals surface area contributed by atoms with Crippen LogP contribution in [0.15, 0.2) is 67.2 Å². The molecule has 16 heavy (non-hydrogen) atoms. The molecular weight excluding hydrogens is 196 g/mol. The molecule has 0 N–H and O–H groups in total. The normalized spacial score (nSPS) is 10.7. The summed E-state index contributed by atoms with van der Waals surface area (Å²) in [6.07, 6.45) is 15.2. The van der Waals surface area contributed by atoms with Crippen LogP contribution in [0.2, 0.25) is 0 Å². The lowest BCUT2D eigenvalue weighted by Gasteiger charge is -2.00. The smallest absolute Gasteiger partial charge is 0.119 e. The van der Waals surface area contributed by atoms with E-state index in [1.165, 1.54) is 6.42 Å². The van der Waals surface area contributed by atoms with Crippen molar-refractivity contribution in [1.82, 2.24) is 0 Å². The van der Waals surface area contributed by atoms with Crippen LogP contribution >= 0.6 is 0 Å². The number of rotatable bonds is 8. The zero-order valence-electron chi connectivity index (χ0n) is 9.99. The predicted molar refractivity (Wildman–Crippen MR) is 71.1 cm³/mol. The van der Waals surface area contributed by atoms with Crippen molar-refractivity contribution < 1.29 is 4.74 Å². The van der Waals surface area contributed by atoms with Gasteiger partial charge in [0.1, 0.15) is 12.4 Å². The second kappa shape index (κ2) is 11.4. The monoisotopic (exact) mass is 216 g/mol. The zero-order valence-corrected chi connectivity index (χ0v) is 9.99. The van der Waals surface area contributed by atoms with Crippen molar-refractivity contribution >= 4 is 0 Å². The second-order valence-electron chi connectivity index (χ2n) is 3.07. The van der Waals surface area contributed by atoms with Crippen molar-refractivity contribution in [1.29, 1.82) is 0 Å². The quantitative estimate of drug-likeness (QED) is 0.333. The minimum atomic E-state index is 0.490. The second-order valence-corrected chi connectivity index (χ2v) is 3.07. The van der Waals surface area contributed by atoms with Gasteiger partial charge in [-0.2, -0.15) is 0 Å². The first-order chi connectivity index (χ1) is 7.85. The highest BCUT2D eigenvalue weighted by Gasteiger charge is 1.85. The summed E-state index contributed by atoms with van der Waals surface area (Å²) in [5, 5.41) is 0. The Bertz CT molecular complexity index is 312. The molecular formula is C15H20O. The molecule has 0 heterocycles. The Kier molecular flexibility index (Phi) is 10.1. The molecule has 0 fully saturated rings. The van der Waals surface area contributed by atoms with E-state index in [2.05, 4.69) is 31.9 Å². The highest BCUT2D eigenvalue weighted by molar-refractivity contribution is 5.15. The first-order valence-electron chi connectivity index (χ1n) is 5.49. The minimum absolute atomic E-state index is 0.490. The van der Waals surface area contributed by atoms with Crippen LogP contribution in [0.4, 0.5) is 0 Å². The van der Waals surface area contributed by atoms with E-state index in [4.69, 9.17) is 4.74 Å². The van der Waals surface area contributed by atoms with Gasteiger partial charge in [0.25, 0.3) is 0 Å². The fourth-order valence-electron chi connectivity index (χ4n) is 0.932. The number of hydrogen-bond donors (Lipinski definition) is 0. The van der Waals surface area contributed by atoms with Crippen molar-refractivity contribution in [3.8, 4) is 0 Å². The molecule has 0 saturated heterocycles. The van der Waals surface area contributed by atoms with Gasteiger partial charge in [-0.15, -0.1) is 5.73 Å². The van der Waals surface area contributed by atoms with Gasteiger partial charge < -0.3 is 4.74 Å². The van der Waals surface area contributed by atoms with E-state index in [9.17, 15) is 0 Å². The van der Waals surface area contributed by atoms with Gasteiger partial charge in [0.2, 0.25) is 0 Å². The Balaban J connectivity index is 3.87. The molecule has 1 nitrogen and oxygen atoms in total. The number of allylic oxidation sites excluding steroid dienone is 5. The van der Waals surface area contributed by atoms with Crippen LogP contribution in [-0.4, -0.2) is 6.61 Å². The SMILES string of the molecule is C=C/C=C(\C=C)OCC=C=C/C=C\CCC. The third-order valence-electron chi connectivity index (χ3n) is 1.72. The summed E-state index contributed by atoms with van der Waals surface area (Å²) < 4.78 is 5.37. The Labute approximate surface area is 98.8 Å². The Morgan fingerprint density at radius 3 is 2.81 bits per heavy atom. The Morgan fingerprint density at radius 2 is 2.19 bits per heavy atom. The zero-order chi connectivity index (χ0) is 12.1. The van der Waals surface area contributed by atoms with E-state index in [1.54, 1.807) is 18.2 Å². The highest BCUT2D eigenvalue weighted by Crippen LogP contribution is 1.98. The van der Waals surface area contributed by atoms with Crippen LogP contribution in [0.5, 0.6) is 0 Å². The average molecular weight is 216 g/mol. The van der Waals surface area contributed by atoms with Crippen LogP contribution in [-0.2, 0) is 4.74 Å². The van der Waals surface area contributed by atoms with Crippen molar-refractivity contribution in [2.24, 2.45) is 0 Å². The maximum atomic E-state index is 5.37. The molecule has 0 aliphatic rings. The highest BCUT2D eigenvalue weighted by atomic mass is 16.5. The molecule has 0 saturated carbocycles. The Morgan fingerprint density at radius 1 is 1.38 bits per heavy atom. The largest absolute Gasteiger partial charge is 0.489 e. The van der Waals surface area contributed by atoms with Gasteiger partial charge >= 0.3 is 0 Å². The lowest BCUT2D eigenvalue weighted by molar-refractivity contribution is 0.262. The summed E-state index contributed by atoms with van der Waals surface area (Å²) in [5.74, 6) is 0.717. The molecule has 0 spiro atoms. The molecule has 0 unspecified atom stereocenters. The van der Waals surface area contributed by atoms with Crippen LogP contribution in [0.3, 0.4) is 0 Å². The van der Waals surface area contributed by atoms with Crippen LogP contribution in [0.25, 0.3) is 0 Å². The van der Waals surface area contributed by atoms with Gasteiger partial charge in [0, 0.05) is 0 Å². The fourth-order valence-corrected chi connectivity index (χ4v) is 0.932. The lowest BCUT2D eigenvalue weighted by atomic mass is 10.3. The molecule has 0 amide bonds. The topological polar surface area (TPSA) is 9.23 Å². The number of hydrogen-bond acceptors (Lipinski definition) is 1. The van der Waals surface area contributed by atoms with Crippen molar-refractivity contribution in [2.75, 3.05) is 6.61 Å².